The molecule has 3 rings (SSSR count). The molecule has 1 unspecified atom stereocenters. The summed E-state index contributed by atoms with van der Waals surface area (Å²) in [7, 11) is 0. The number of aryl methyl sites for hydroxylation is 2. The van der Waals surface area contributed by atoms with Gasteiger partial charge in [0, 0.05) is 0 Å². The normalized spacial score (nSPS) is 11.5. The first-order chi connectivity index (χ1) is 15.5. The molecule has 0 aliphatic carbocycles. The summed E-state index contributed by atoms with van der Waals surface area (Å²) in [6.45, 7) is 7.17. The standard InChI is InChI=1S/C27H28AsNO4/c1-17-5-14-23(15-18(17)2)29-26(33)28-22-12-10-20(11-13-22)19-6-8-21(9-7-19)24(30)16-27(3,4)25(31)32/h5-15,28H,16H2,1-4H3,(H,29,33)(H,31,32). The van der Waals surface area contributed by atoms with Crippen LogP contribution in [0.2, 0.25) is 0 Å². The summed E-state index contributed by atoms with van der Waals surface area (Å²) in [4.78, 5) is 36.1. The van der Waals surface area contributed by atoms with E-state index in [9.17, 15) is 19.5 Å². The van der Waals surface area contributed by atoms with Gasteiger partial charge in [0.1, 0.15) is 0 Å². The van der Waals surface area contributed by atoms with Gasteiger partial charge in [-0.15, -0.1) is 0 Å². The SMILES string of the molecule is Cc1ccc(NC(=O)[AsH]c2ccc(-c3ccc(C(=O)CC(C)(C)C(=O)O)cc3)cc2)cc1C. The van der Waals surface area contributed by atoms with Crippen molar-refractivity contribution in [1.29, 1.82) is 0 Å². The fourth-order valence-electron chi connectivity index (χ4n) is 3.29. The van der Waals surface area contributed by atoms with Gasteiger partial charge in [0.2, 0.25) is 0 Å². The summed E-state index contributed by atoms with van der Waals surface area (Å²) < 4.78 is 1.08. The number of rotatable bonds is 8. The van der Waals surface area contributed by atoms with E-state index in [2.05, 4.69) is 5.32 Å². The number of carbonyl (C=O) groups excluding carboxylic acids is 2. The van der Waals surface area contributed by atoms with Crippen molar-refractivity contribution in [1.82, 2.24) is 0 Å². The van der Waals surface area contributed by atoms with Crippen LogP contribution in [0.15, 0.2) is 66.7 Å². The van der Waals surface area contributed by atoms with E-state index < -0.39 is 27.1 Å². The number of hydrogen-bond donors (Lipinski definition) is 2. The molecule has 3 aromatic carbocycles. The zero-order valence-corrected chi connectivity index (χ0v) is 21.3. The van der Waals surface area contributed by atoms with Crippen molar-refractivity contribution in [2.45, 2.75) is 34.1 Å². The van der Waals surface area contributed by atoms with Crippen LogP contribution in [0.25, 0.3) is 11.1 Å². The van der Waals surface area contributed by atoms with Gasteiger partial charge in [0.05, 0.1) is 0 Å². The van der Waals surface area contributed by atoms with Crippen LogP contribution in [0.1, 0.15) is 41.8 Å². The number of hydrogen-bond acceptors (Lipinski definition) is 3. The Morgan fingerprint density at radius 2 is 1.42 bits per heavy atom. The number of Topliss-reactive ketones (excluding diaryl/α,β-unsaturated/α-hetero) is 1. The first-order valence-electron chi connectivity index (χ1n) is 10.7. The molecule has 2 N–H and O–H groups in total. The number of aliphatic carboxylic acids is 1. The fraction of sp³-hybridized carbons (Fsp3) is 0.222. The number of ketones is 1. The Morgan fingerprint density at radius 1 is 0.848 bits per heavy atom. The van der Waals surface area contributed by atoms with E-state index in [1.165, 1.54) is 5.56 Å². The Labute approximate surface area is 200 Å². The minimum atomic E-state index is -1.10. The Bertz CT molecular complexity index is 1180. The third kappa shape index (κ3) is 6.43. The predicted octanol–water partition coefficient (Wildman–Crippen LogP) is 4.95. The van der Waals surface area contributed by atoms with Crippen LogP contribution in [-0.4, -0.2) is 37.3 Å². The minimum absolute atomic E-state index is 0.0508. The first-order valence-corrected chi connectivity index (χ1v) is 12.8. The molecule has 1 atom stereocenters. The summed E-state index contributed by atoms with van der Waals surface area (Å²) in [5.74, 6) is -1.18. The van der Waals surface area contributed by atoms with Crippen molar-refractivity contribution in [2.24, 2.45) is 5.41 Å². The van der Waals surface area contributed by atoms with Crippen LogP contribution >= 0.6 is 0 Å². The molecule has 0 saturated carbocycles. The van der Waals surface area contributed by atoms with Gasteiger partial charge in [-0.2, -0.15) is 0 Å². The predicted molar refractivity (Wildman–Crippen MR) is 134 cm³/mol. The van der Waals surface area contributed by atoms with Crippen LogP contribution in [0.5, 0.6) is 0 Å². The average molecular weight is 505 g/mol. The molecular formula is C27H28AsNO4. The van der Waals surface area contributed by atoms with E-state index in [1.807, 2.05) is 68.4 Å². The summed E-state index contributed by atoms with van der Waals surface area (Å²) in [5.41, 5.74) is 4.51. The van der Waals surface area contributed by atoms with Crippen molar-refractivity contribution in [3.8, 4) is 11.1 Å². The van der Waals surface area contributed by atoms with E-state index in [4.69, 9.17) is 0 Å². The Morgan fingerprint density at radius 3 is 1.97 bits per heavy atom. The third-order valence-electron chi connectivity index (χ3n) is 5.63. The van der Waals surface area contributed by atoms with Crippen LogP contribution in [-0.2, 0) is 4.79 Å². The van der Waals surface area contributed by atoms with E-state index >= 15 is 0 Å². The van der Waals surface area contributed by atoms with Gasteiger partial charge >= 0.3 is 191 Å². The zero-order valence-electron chi connectivity index (χ0n) is 19.2. The molecule has 33 heavy (non-hydrogen) atoms. The second kappa shape index (κ2) is 10.2. The van der Waals surface area contributed by atoms with E-state index in [1.54, 1.807) is 26.0 Å². The maximum atomic E-state index is 12.5. The first kappa shape index (κ1) is 24.5. The molecule has 1 amide bonds. The molecule has 0 aromatic heterocycles. The third-order valence-corrected chi connectivity index (χ3v) is 7.67. The molecule has 6 heteroatoms. The molecule has 0 aliphatic heterocycles. The maximum absolute atomic E-state index is 12.5. The van der Waals surface area contributed by atoms with Crippen LogP contribution in [0, 0.1) is 19.3 Å². The molecule has 0 fully saturated rings. The van der Waals surface area contributed by atoms with E-state index in [-0.39, 0.29) is 16.9 Å². The molecule has 5 nitrogen and oxygen atoms in total. The van der Waals surface area contributed by atoms with Gasteiger partial charge in [-0.25, -0.2) is 0 Å². The summed E-state index contributed by atoms with van der Waals surface area (Å²) >= 11 is -0.991. The number of carbonyl (C=O) groups is 3. The van der Waals surface area contributed by atoms with Crippen molar-refractivity contribution >= 4 is 42.2 Å². The quantitative estimate of drug-likeness (QED) is 0.335. The number of carboxylic acid groups (broad SMARTS) is 1. The number of amides is 1. The molecule has 0 aliphatic rings. The molecule has 0 heterocycles. The van der Waals surface area contributed by atoms with Crippen LogP contribution in [0.3, 0.4) is 0 Å². The second-order valence-corrected chi connectivity index (χ2v) is 11.5. The zero-order chi connectivity index (χ0) is 24.2. The fourth-order valence-corrected chi connectivity index (χ4v) is 4.97. The van der Waals surface area contributed by atoms with Crippen molar-refractivity contribution in [2.75, 3.05) is 5.32 Å². The monoisotopic (exact) mass is 505 g/mol. The molecule has 0 bridgehead atoms. The van der Waals surface area contributed by atoms with Gasteiger partial charge in [-0.1, -0.05) is 0 Å². The van der Waals surface area contributed by atoms with E-state index in [0.717, 1.165) is 26.7 Å². The van der Waals surface area contributed by atoms with Gasteiger partial charge in [0.15, 0.2) is 0 Å². The Balaban J connectivity index is 1.62. The molecule has 0 spiro atoms. The topological polar surface area (TPSA) is 83.5 Å². The molecule has 3 aromatic rings. The van der Waals surface area contributed by atoms with Gasteiger partial charge in [-0.3, -0.25) is 4.79 Å². The summed E-state index contributed by atoms with van der Waals surface area (Å²) in [6.07, 6.45) is -0.0508. The second-order valence-electron chi connectivity index (χ2n) is 8.82. The summed E-state index contributed by atoms with van der Waals surface area (Å²) in [6, 6.07) is 21.0. The molecule has 0 saturated heterocycles. The number of carboxylic acids is 1. The number of nitrogens with one attached hydrogen (secondary N) is 1. The van der Waals surface area contributed by atoms with Gasteiger partial charge < -0.3 is 5.11 Å². The Kier molecular flexibility index (Phi) is 7.55. The average Bonchev–Trinajstić information content (AvgIpc) is 2.76. The van der Waals surface area contributed by atoms with Gasteiger partial charge in [-0.05, 0) is 0 Å². The number of anilines is 1. The van der Waals surface area contributed by atoms with Crippen LogP contribution in [0.4, 0.5) is 10.5 Å². The molecule has 0 radical (unpaired) electrons. The van der Waals surface area contributed by atoms with Crippen LogP contribution < -0.4 is 9.67 Å². The number of benzene rings is 3. The van der Waals surface area contributed by atoms with E-state index in [0.29, 0.717) is 5.56 Å². The van der Waals surface area contributed by atoms with Crippen molar-refractivity contribution < 1.29 is 19.5 Å². The molecule has 170 valence electrons. The summed E-state index contributed by atoms with van der Waals surface area (Å²) in [5, 5.41) is 12.2. The molecular weight excluding hydrogens is 477 g/mol. The Hall–Kier alpha value is -3.17. The van der Waals surface area contributed by atoms with Crippen molar-refractivity contribution in [3.05, 3.63) is 83.4 Å². The van der Waals surface area contributed by atoms with Crippen molar-refractivity contribution in [3.63, 3.8) is 0 Å². The van der Waals surface area contributed by atoms with Gasteiger partial charge in [0.25, 0.3) is 0 Å².